The van der Waals surface area contributed by atoms with Gasteiger partial charge in [-0.1, -0.05) is 36.4 Å². The van der Waals surface area contributed by atoms with Crippen molar-refractivity contribution < 1.29 is 4.79 Å². The Labute approximate surface area is 130 Å². The SMILES string of the molecule is CNC(=O)CC(c1ccccc1)c1ccc2[nH]c(C)cc2c1. The van der Waals surface area contributed by atoms with E-state index in [1.165, 1.54) is 10.9 Å². The molecule has 0 spiro atoms. The van der Waals surface area contributed by atoms with E-state index in [9.17, 15) is 4.79 Å². The van der Waals surface area contributed by atoms with Crippen LogP contribution in [0.25, 0.3) is 10.9 Å². The highest BCUT2D eigenvalue weighted by atomic mass is 16.1. The van der Waals surface area contributed by atoms with Crippen LogP contribution in [-0.4, -0.2) is 17.9 Å². The maximum Gasteiger partial charge on any atom is 0.220 e. The summed E-state index contributed by atoms with van der Waals surface area (Å²) < 4.78 is 0. The van der Waals surface area contributed by atoms with E-state index in [0.717, 1.165) is 16.8 Å². The Morgan fingerprint density at radius 1 is 1.09 bits per heavy atom. The van der Waals surface area contributed by atoms with Crippen LogP contribution in [0.1, 0.15) is 29.2 Å². The van der Waals surface area contributed by atoms with Gasteiger partial charge in [-0.15, -0.1) is 0 Å². The van der Waals surface area contributed by atoms with E-state index in [1.54, 1.807) is 7.05 Å². The second kappa shape index (κ2) is 6.06. The molecule has 0 saturated heterocycles. The molecular formula is C19H20N2O. The van der Waals surface area contributed by atoms with Crippen LogP contribution in [0.4, 0.5) is 0 Å². The number of rotatable bonds is 4. The van der Waals surface area contributed by atoms with Crippen LogP contribution in [0.3, 0.4) is 0 Å². The Kier molecular flexibility index (Phi) is 3.96. The third kappa shape index (κ3) is 2.89. The lowest BCUT2D eigenvalue weighted by atomic mass is 9.88. The van der Waals surface area contributed by atoms with E-state index in [2.05, 4.69) is 53.6 Å². The second-order valence-corrected chi connectivity index (χ2v) is 5.64. The molecule has 2 aromatic carbocycles. The van der Waals surface area contributed by atoms with Gasteiger partial charge in [-0.25, -0.2) is 0 Å². The average molecular weight is 292 g/mol. The van der Waals surface area contributed by atoms with Gasteiger partial charge < -0.3 is 10.3 Å². The van der Waals surface area contributed by atoms with Crippen molar-refractivity contribution in [3.63, 3.8) is 0 Å². The average Bonchev–Trinajstić information content (AvgIpc) is 2.92. The summed E-state index contributed by atoms with van der Waals surface area (Å²) in [5.74, 6) is 0.125. The van der Waals surface area contributed by atoms with E-state index in [0.29, 0.717) is 6.42 Å². The lowest BCUT2D eigenvalue weighted by Crippen LogP contribution is -2.21. The molecule has 3 rings (SSSR count). The lowest BCUT2D eigenvalue weighted by Gasteiger charge is -2.17. The van der Waals surface area contributed by atoms with Gasteiger partial charge in [0.15, 0.2) is 0 Å². The zero-order chi connectivity index (χ0) is 15.5. The molecule has 0 aliphatic heterocycles. The fraction of sp³-hybridized carbons (Fsp3) is 0.211. The first-order valence-corrected chi connectivity index (χ1v) is 7.52. The van der Waals surface area contributed by atoms with Gasteiger partial charge in [0.05, 0.1) is 0 Å². The molecule has 3 heteroatoms. The first kappa shape index (κ1) is 14.4. The molecule has 1 unspecified atom stereocenters. The van der Waals surface area contributed by atoms with Crippen LogP contribution < -0.4 is 5.32 Å². The van der Waals surface area contributed by atoms with Crippen LogP contribution >= 0.6 is 0 Å². The van der Waals surface area contributed by atoms with Crippen molar-refractivity contribution in [3.05, 3.63) is 71.4 Å². The molecule has 112 valence electrons. The molecule has 1 heterocycles. The summed E-state index contributed by atoms with van der Waals surface area (Å²) in [6.07, 6.45) is 0.454. The maximum absolute atomic E-state index is 11.9. The topological polar surface area (TPSA) is 44.9 Å². The molecule has 0 bridgehead atoms. The minimum absolute atomic E-state index is 0.0548. The third-order valence-corrected chi connectivity index (χ3v) is 4.05. The summed E-state index contributed by atoms with van der Waals surface area (Å²) in [5, 5.41) is 3.92. The zero-order valence-corrected chi connectivity index (χ0v) is 12.9. The molecule has 22 heavy (non-hydrogen) atoms. The minimum Gasteiger partial charge on any atom is -0.359 e. The Hall–Kier alpha value is -2.55. The number of aromatic nitrogens is 1. The van der Waals surface area contributed by atoms with Crippen molar-refractivity contribution in [1.29, 1.82) is 0 Å². The first-order valence-electron chi connectivity index (χ1n) is 7.52. The lowest BCUT2D eigenvalue weighted by molar-refractivity contribution is -0.120. The summed E-state index contributed by atoms with van der Waals surface area (Å²) in [6.45, 7) is 2.05. The number of nitrogens with one attached hydrogen (secondary N) is 2. The number of hydrogen-bond acceptors (Lipinski definition) is 1. The van der Waals surface area contributed by atoms with Crippen LogP contribution in [0.5, 0.6) is 0 Å². The number of aryl methyl sites for hydroxylation is 1. The van der Waals surface area contributed by atoms with Crippen molar-refractivity contribution in [2.75, 3.05) is 7.05 Å². The van der Waals surface area contributed by atoms with Crippen LogP contribution in [0, 0.1) is 6.92 Å². The van der Waals surface area contributed by atoms with E-state index >= 15 is 0 Å². The highest BCUT2D eigenvalue weighted by Crippen LogP contribution is 2.30. The van der Waals surface area contributed by atoms with Crippen LogP contribution in [0.15, 0.2) is 54.6 Å². The van der Waals surface area contributed by atoms with Gasteiger partial charge in [0, 0.05) is 30.6 Å². The van der Waals surface area contributed by atoms with Crippen LogP contribution in [-0.2, 0) is 4.79 Å². The number of aromatic amines is 1. The van der Waals surface area contributed by atoms with E-state index < -0.39 is 0 Å². The second-order valence-electron chi connectivity index (χ2n) is 5.64. The number of H-pyrrole nitrogens is 1. The normalized spacial score (nSPS) is 12.3. The van der Waals surface area contributed by atoms with E-state index in [-0.39, 0.29) is 11.8 Å². The maximum atomic E-state index is 11.9. The van der Waals surface area contributed by atoms with Gasteiger partial charge >= 0.3 is 0 Å². The monoisotopic (exact) mass is 292 g/mol. The zero-order valence-electron chi connectivity index (χ0n) is 12.9. The molecule has 1 aromatic heterocycles. The van der Waals surface area contributed by atoms with E-state index in [1.807, 2.05) is 18.2 Å². The summed E-state index contributed by atoms with van der Waals surface area (Å²) >= 11 is 0. The van der Waals surface area contributed by atoms with Crippen molar-refractivity contribution in [2.45, 2.75) is 19.3 Å². The molecule has 1 atom stereocenters. The Balaban J connectivity index is 2.04. The standard InChI is InChI=1S/C19H20N2O/c1-13-10-16-11-15(8-9-18(16)21-13)17(12-19(22)20-2)14-6-4-3-5-7-14/h3-11,17,21H,12H2,1-2H3,(H,20,22). The predicted molar refractivity (Wildman–Crippen MR) is 90.0 cm³/mol. The summed E-state index contributed by atoms with van der Waals surface area (Å²) in [5.41, 5.74) is 4.61. The van der Waals surface area contributed by atoms with Crippen molar-refractivity contribution in [2.24, 2.45) is 0 Å². The summed E-state index contributed by atoms with van der Waals surface area (Å²) in [4.78, 5) is 15.3. The molecule has 2 N–H and O–H groups in total. The summed E-state index contributed by atoms with van der Waals surface area (Å²) in [7, 11) is 1.68. The number of benzene rings is 2. The largest absolute Gasteiger partial charge is 0.359 e. The number of carbonyl (C=O) groups is 1. The smallest absolute Gasteiger partial charge is 0.220 e. The molecule has 0 aliphatic carbocycles. The Morgan fingerprint density at radius 3 is 2.59 bits per heavy atom. The molecule has 3 aromatic rings. The number of amides is 1. The van der Waals surface area contributed by atoms with Crippen molar-refractivity contribution >= 4 is 16.8 Å². The Morgan fingerprint density at radius 2 is 1.86 bits per heavy atom. The number of fused-ring (bicyclic) bond motifs is 1. The molecule has 0 fully saturated rings. The van der Waals surface area contributed by atoms with Gasteiger partial charge in [-0.05, 0) is 41.6 Å². The van der Waals surface area contributed by atoms with Gasteiger partial charge in [0.2, 0.25) is 5.91 Å². The summed E-state index contributed by atoms with van der Waals surface area (Å²) in [6, 6.07) is 18.7. The van der Waals surface area contributed by atoms with Gasteiger partial charge in [-0.2, -0.15) is 0 Å². The quantitative estimate of drug-likeness (QED) is 0.756. The fourth-order valence-corrected chi connectivity index (χ4v) is 2.91. The number of hydrogen-bond donors (Lipinski definition) is 2. The molecule has 0 saturated carbocycles. The fourth-order valence-electron chi connectivity index (χ4n) is 2.91. The van der Waals surface area contributed by atoms with Crippen LogP contribution in [0.2, 0.25) is 0 Å². The molecular weight excluding hydrogens is 272 g/mol. The predicted octanol–water partition coefficient (Wildman–Crippen LogP) is 3.74. The molecule has 3 nitrogen and oxygen atoms in total. The highest BCUT2D eigenvalue weighted by molar-refractivity contribution is 5.82. The van der Waals surface area contributed by atoms with Gasteiger partial charge in [-0.3, -0.25) is 4.79 Å². The highest BCUT2D eigenvalue weighted by Gasteiger charge is 2.18. The molecule has 1 amide bonds. The Bertz CT molecular complexity index is 790. The first-order chi connectivity index (χ1) is 10.7. The van der Waals surface area contributed by atoms with Gasteiger partial charge in [0.1, 0.15) is 0 Å². The van der Waals surface area contributed by atoms with Crippen molar-refractivity contribution in [3.8, 4) is 0 Å². The number of carbonyl (C=O) groups excluding carboxylic acids is 1. The minimum atomic E-state index is 0.0548. The third-order valence-electron chi connectivity index (χ3n) is 4.05. The molecule has 0 radical (unpaired) electrons. The molecule has 0 aliphatic rings. The van der Waals surface area contributed by atoms with E-state index in [4.69, 9.17) is 0 Å². The van der Waals surface area contributed by atoms with Crippen molar-refractivity contribution in [1.82, 2.24) is 10.3 Å². The van der Waals surface area contributed by atoms with Gasteiger partial charge in [0.25, 0.3) is 0 Å².